The Bertz CT molecular complexity index is 288. The van der Waals surface area contributed by atoms with E-state index in [9.17, 15) is 0 Å². The summed E-state index contributed by atoms with van der Waals surface area (Å²) in [6, 6.07) is 3.77. The normalized spacial score (nSPS) is 8.91. The topological polar surface area (TPSA) is 30.2 Å². The molecule has 0 saturated carbocycles. The Labute approximate surface area is 67.7 Å². The van der Waals surface area contributed by atoms with Crippen LogP contribution in [0, 0.1) is 0 Å². The summed E-state index contributed by atoms with van der Waals surface area (Å²) in [5, 5.41) is 4.00. The van der Waals surface area contributed by atoms with E-state index < -0.39 is 0 Å². The monoisotopic (exact) mass is 167 g/mol. The van der Waals surface area contributed by atoms with E-state index in [4.69, 9.17) is 0 Å². The van der Waals surface area contributed by atoms with E-state index in [1.54, 1.807) is 16.9 Å². The molecule has 58 valence electrons. The first-order chi connectivity index (χ1) is 5.47. The standard InChI is InChI=1S/C6H5N3.CH5P/c1-2-6-7-4-5-9(6)8-3-1;1-2/h1-5H;2H2,1H3. The zero-order valence-corrected chi connectivity index (χ0v) is 7.46. The number of imidazole rings is 1. The third-order valence-electron chi connectivity index (χ3n) is 1.17. The number of nitrogens with zero attached hydrogens (tertiary/aromatic N) is 3. The van der Waals surface area contributed by atoms with Gasteiger partial charge in [-0.2, -0.15) is 5.10 Å². The summed E-state index contributed by atoms with van der Waals surface area (Å²) in [4.78, 5) is 4.02. The largest absolute Gasteiger partial charge is 0.236 e. The smallest absolute Gasteiger partial charge is 0.153 e. The lowest BCUT2D eigenvalue weighted by molar-refractivity contribution is 0.936. The molecule has 0 aliphatic carbocycles. The molecule has 2 aromatic heterocycles. The molecule has 3 nitrogen and oxygen atoms in total. The quantitative estimate of drug-likeness (QED) is 0.552. The first-order valence-electron chi connectivity index (χ1n) is 3.29. The van der Waals surface area contributed by atoms with Gasteiger partial charge in [0.1, 0.15) is 0 Å². The lowest BCUT2D eigenvalue weighted by Gasteiger charge is -1.85. The first kappa shape index (κ1) is 8.15. The summed E-state index contributed by atoms with van der Waals surface area (Å²) in [6.07, 6.45) is 5.27. The van der Waals surface area contributed by atoms with Crippen LogP contribution in [0.3, 0.4) is 0 Å². The van der Waals surface area contributed by atoms with Crippen molar-refractivity contribution in [2.24, 2.45) is 0 Å². The number of hydrogen-bond acceptors (Lipinski definition) is 2. The molecule has 2 heterocycles. The van der Waals surface area contributed by atoms with E-state index in [0.29, 0.717) is 0 Å². The van der Waals surface area contributed by atoms with Crippen molar-refractivity contribution in [1.29, 1.82) is 0 Å². The summed E-state index contributed by atoms with van der Waals surface area (Å²) in [6.45, 7) is 1.92. The second kappa shape index (κ2) is 4.04. The minimum atomic E-state index is 0.887. The molecule has 0 N–H and O–H groups in total. The van der Waals surface area contributed by atoms with E-state index in [2.05, 4.69) is 19.3 Å². The summed E-state index contributed by atoms with van der Waals surface area (Å²) in [5.41, 5.74) is 0.887. The third-order valence-corrected chi connectivity index (χ3v) is 1.17. The van der Waals surface area contributed by atoms with E-state index in [1.807, 2.05) is 25.0 Å². The van der Waals surface area contributed by atoms with Crippen molar-refractivity contribution in [2.75, 3.05) is 6.66 Å². The van der Waals surface area contributed by atoms with Gasteiger partial charge in [0.25, 0.3) is 0 Å². The van der Waals surface area contributed by atoms with Gasteiger partial charge in [-0.25, -0.2) is 9.50 Å². The molecule has 1 atom stereocenters. The Morgan fingerprint density at radius 1 is 1.36 bits per heavy atom. The van der Waals surface area contributed by atoms with Gasteiger partial charge in [-0.15, -0.1) is 9.24 Å². The van der Waals surface area contributed by atoms with Crippen molar-refractivity contribution < 1.29 is 0 Å². The summed E-state index contributed by atoms with van der Waals surface area (Å²) in [7, 11) is 2.42. The van der Waals surface area contributed by atoms with Gasteiger partial charge in [0.15, 0.2) is 5.65 Å². The van der Waals surface area contributed by atoms with Crippen LogP contribution in [0.4, 0.5) is 0 Å². The van der Waals surface area contributed by atoms with Gasteiger partial charge >= 0.3 is 0 Å². The average Bonchev–Trinajstić information content (AvgIpc) is 2.55. The second-order valence-corrected chi connectivity index (χ2v) is 1.75. The summed E-state index contributed by atoms with van der Waals surface area (Å²) >= 11 is 0. The van der Waals surface area contributed by atoms with Crippen molar-refractivity contribution in [1.82, 2.24) is 14.6 Å². The molecule has 0 saturated heterocycles. The molecule has 0 aliphatic heterocycles. The van der Waals surface area contributed by atoms with Crippen LogP contribution >= 0.6 is 9.24 Å². The Hall–Kier alpha value is -0.950. The van der Waals surface area contributed by atoms with Crippen LogP contribution in [0.1, 0.15) is 0 Å². The van der Waals surface area contributed by atoms with Crippen LogP contribution in [0.2, 0.25) is 0 Å². The zero-order chi connectivity index (χ0) is 8.10. The van der Waals surface area contributed by atoms with Gasteiger partial charge in [-0.05, 0) is 12.1 Å². The van der Waals surface area contributed by atoms with Crippen molar-refractivity contribution in [3.63, 3.8) is 0 Å². The van der Waals surface area contributed by atoms with E-state index in [1.165, 1.54) is 0 Å². The number of aromatic nitrogens is 3. The van der Waals surface area contributed by atoms with Crippen molar-refractivity contribution in [3.8, 4) is 0 Å². The predicted octanol–water partition coefficient (Wildman–Crippen LogP) is 1.22. The fourth-order valence-corrected chi connectivity index (χ4v) is 0.765. The molecule has 4 heteroatoms. The Balaban J connectivity index is 0.000000281. The Morgan fingerprint density at radius 3 is 2.91 bits per heavy atom. The minimum absolute atomic E-state index is 0.887. The van der Waals surface area contributed by atoms with Gasteiger partial charge < -0.3 is 0 Å². The fraction of sp³-hybridized carbons (Fsp3) is 0.143. The molecular weight excluding hydrogens is 157 g/mol. The van der Waals surface area contributed by atoms with Crippen LogP contribution in [0.5, 0.6) is 0 Å². The number of fused-ring (bicyclic) bond motifs is 1. The predicted molar refractivity (Wildman–Crippen MR) is 48.6 cm³/mol. The zero-order valence-electron chi connectivity index (χ0n) is 6.31. The maximum Gasteiger partial charge on any atom is 0.153 e. The molecule has 0 fully saturated rings. The number of hydrogen-bond donors (Lipinski definition) is 0. The van der Waals surface area contributed by atoms with Crippen molar-refractivity contribution in [3.05, 3.63) is 30.7 Å². The minimum Gasteiger partial charge on any atom is -0.236 e. The molecule has 0 amide bonds. The molecule has 0 spiro atoms. The highest BCUT2D eigenvalue weighted by Gasteiger charge is 1.86. The van der Waals surface area contributed by atoms with Crippen molar-refractivity contribution in [2.45, 2.75) is 0 Å². The third kappa shape index (κ3) is 1.75. The second-order valence-electron chi connectivity index (χ2n) is 1.75. The highest BCUT2D eigenvalue weighted by molar-refractivity contribution is 7.15. The van der Waals surface area contributed by atoms with Crippen LogP contribution < -0.4 is 0 Å². The van der Waals surface area contributed by atoms with E-state index >= 15 is 0 Å². The summed E-state index contributed by atoms with van der Waals surface area (Å²) < 4.78 is 1.72. The van der Waals surface area contributed by atoms with E-state index in [-0.39, 0.29) is 0 Å². The lowest BCUT2D eigenvalue weighted by atomic mass is 10.6. The molecule has 1 unspecified atom stereocenters. The Kier molecular flexibility index (Phi) is 2.99. The molecule has 0 aromatic carbocycles. The summed E-state index contributed by atoms with van der Waals surface area (Å²) in [5.74, 6) is 0. The van der Waals surface area contributed by atoms with Crippen LogP contribution in [0.15, 0.2) is 30.7 Å². The molecule has 0 radical (unpaired) electrons. The molecule has 0 bridgehead atoms. The maximum atomic E-state index is 4.02. The molecule has 0 aliphatic rings. The van der Waals surface area contributed by atoms with E-state index in [0.717, 1.165) is 5.65 Å². The van der Waals surface area contributed by atoms with Gasteiger partial charge in [-0.3, -0.25) is 0 Å². The van der Waals surface area contributed by atoms with Crippen LogP contribution in [-0.4, -0.2) is 21.3 Å². The molecule has 2 aromatic rings. The van der Waals surface area contributed by atoms with Crippen LogP contribution in [-0.2, 0) is 0 Å². The SMILES string of the molecule is CP.c1cnn2ccnc2c1. The van der Waals surface area contributed by atoms with Gasteiger partial charge in [0, 0.05) is 18.6 Å². The molecular formula is C7H10N3P. The maximum absolute atomic E-state index is 4.02. The average molecular weight is 167 g/mol. The fourth-order valence-electron chi connectivity index (χ4n) is 0.765. The van der Waals surface area contributed by atoms with Gasteiger partial charge in [-0.1, -0.05) is 6.66 Å². The molecule has 11 heavy (non-hydrogen) atoms. The molecule has 2 rings (SSSR count). The van der Waals surface area contributed by atoms with Crippen LogP contribution in [0.25, 0.3) is 5.65 Å². The lowest BCUT2D eigenvalue weighted by Crippen LogP contribution is -1.85. The van der Waals surface area contributed by atoms with Gasteiger partial charge in [0.2, 0.25) is 0 Å². The number of rotatable bonds is 0. The Morgan fingerprint density at radius 2 is 2.18 bits per heavy atom. The highest BCUT2D eigenvalue weighted by Crippen LogP contribution is 1.93. The van der Waals surface area contributed by atoms with Gasteiger partial charge in [0.05, 0.1) is 0 Å². The highest BCUT2D eigenvalue weighted by atomic mass is 31.0. The first-order valence-corrected chi connectivity index (χ1v) is 4.44. The van der Waals surface area contributed by atoms with Crippen molar-refractivity contribution >= 4 is 14.9 Å².